The van der Waals surface area contributed by atoms with Gasteiger partial charge in [-0.25, -0.2) is 14.0 Å². The molecule has 9 nitrogen and oxygen atoms in total. The molecule has 0 spiro atoms. The molecule has 2 heterocycles. The number of alkyl halides is 3. The molecule has 0 atom stereocenters. The van der Waals surface area contributed by atoms with E-state index in [2.05, 4.69) is 51.6 Å². The highest BCUT2D eigenvalue weighted by Gasteiger charge is 2.30. The number of nitrogens with one attached hydrogen (secondary N) is 2. The van der Waals surface area contributed by atoms with E-state index in [1.165, 1.54) is 30.3 Å². The fourth-order valence-electron chi connectivity index (χ4n) is 2.96. The topological polar surface area (TPSA) is 126 Å². The van der Waals surface area contributed by atoms with Gasteiger partial charge in [-0.1, -0.05) is 17.3 Å². The number of thiazole rings is 1. The van der Waals surface area contributed by atoms with Crippen LogP contribution in [0.1, 0.15) is 26.6 Å². The Labute approximate surface area is 211 Å². The van der Waals surface area contributed by atoms with Gasteiger partial charge in [-0.15, -0.1) is 11.3 Å². The van der Waals surface area contributed by atoms with Crippen molar-refractivity contribution in [2.45, 2.75) is 13.1 Å². The minimum atomic E-state index is -4.47. The Morgan fingerprint density at radius 3 is 2.50 bits per heavy atom. The summed E-state index contributed by atoms with van der Waals surface area (Å²) in [5, 5.41) is 25.3. The van der Waals surface area contributed by atoms with E-state index in [1.54, 1.807) is 6.92 Å². The van der Waals surface area contributed by atoms with Gasteiger partial charge in [0.25, 0.3) is 5.91 Å². The second-order valence-electron chi connectivity index (χ2n) is 7.13. The van der Waals surface area contributed by atoms with Crippen LogP contribution < -0.4 is 10.6 Å². The zero-order valence-corrected chi connectivity index (χ0v) is 20.3. The molecule has 0 radical (unpaired) electrons. The highest BCUT2D eigenvalue weighted by atomic mass is 79.9. The van der Waals surface area contributed by atoms with E-state index >= 15 is 0 Å². The molecule has 1 amide bonds. The summed E-state index contributed by atoms with van der Waals surface area (Å²) in [7, 11) is 0. The number of rotatable bonds is 5. The molecule has 186 valence electrons. The number of aryl methyl sites for hydroxylation is 1. The second kappa shape index (κ2) is 10.0. The number of amidine groups is 1. The fraction of sp³-hybridized carbons (Fsp3) is 0.0952. The third-order valence-electron chi connectivity index (χ3n) is 4.69. The number of carbonyl (C=O) groups excluding carboxylic acids is 1. The molecule has 36 heavy (non-hydrogen) atoms. The summed E-state index contributed by atoms with van der Waals surface area (Å²) >= 11 is 4.00. The van der Waals surface area contributed by atoms with Gasteiger partial charge in [0.1, 0.15) is 15.7 Å². The molecule has 0 aliphatic rings. The Kier molecular flexibility index (Phi) is 7.03. The molecule has 4 rings (SSSR count). The maximum Gasteiger partial charge on any atom is 0.416 e. The average Bonchev–Trinajstić information content (AvgIpc) is 3.45. The van der Waals surface area contributed by atoms with Crippen molar-refractivity contribution in [1.29, 1.82) is 0 Å². The van der Waals surface area contributed by atoms with E-state index in [1.807, 2.05) is 0 Å². The van der Waals surface area contributed by atoms with Crippen LogP contribution in [0.4, 0.5) is 29.1 Å². The molecule has 0 saturated heterocycles. The van der Waals surface area contributed by atoms with Gasteiger partial charge in [-0.3, -0.25) is 4.79 Å². The van der Waals surface area contributed by atoms with E-state index < -0.39 is 23.5 Å². The normalized spacial score (nSPS) is 12.0. The molecule has 0 bridgehead atoms. The monoisotopic (exact) mass is 584 g/mol. The van der Waals surface area contributed by atoms with Crippen LogP contribution in [0.5, 0.6) is 0 Å². The first kappa shape index (κ1) is 25.2. The number of anilines is 2. The Hall–Kier alpha value is -3.85. The molecule has 15 heteroatoms. The lowest BCUT2D eigenvalue weighted by molar-refractivity contribution is -0.137. The van der Waals surface area contributed by atoms with Gasteiger partial charge in [0.2, 0.25) is 11.7 Å². The van der Waals surface area contributed by atoms with Gasteiger partial charge in [-0.05, 0) is 63.5 Å². The molecule has 2 aromatic heterocycles. The third kappa shape index (κ3) is 5.36. The number of oxime groups is 1. The van der Waals surface area contributed by atoms with Gasteiger partial charge >= 0.3 is 6.18 Å². The summed E-state index contributed by atoms with van der Waals surface area (Å²) < 4.78 is 56.8. The quantitative estimate of drug-likeness (QED) is 0.0873. The number of nitrogens with zero attached hydrogens (tertiary/aromatic N) is 4. The van der Waals surface area contributed by atoms with Crippen LogP contribution in [0.15, 0.2) is 56.7 Å². The molecular weight excluding hydrogens is 572 g/mol. The summed E-state index contributed by atoms with van der Waals surface area (Å²) in [6, 6.07) is 8.34. The number of benzene rings is 2. The molecule has 2 aromatic carbocycles. The van der Waals surface area contributed by atoms with Crippen LogP contribution in [-0.4, -0.2) is 32.2 Å². The van der Waals surface area contributed by atoms with Crippen molar-refractivity contribution >= 4 is 50.5 Å². The molecule has 0 aliphatic carbocycles. The Bertz CT molecular complexity index is 1450. The number of halogens is 5. The standard InChI is InChI=1S/C21H13BrF4N6O3S/c1-9-16(36-20(27-9)10-2-4-11(5-3-10)21(24,25)26)19(33)29-18-15(31-35-32-18)17(30-34)28-12-6-7-14(23)13(22)8-12/h2-8,34H,1H3,(H,28,30)(H,29,32,33). The van der Waals surface area contributed by atoms with E-state index in [4.69, 9.17) is 0 Å². The van der Waals surface area contributed by atoms with Crippen LogP contribution >= 0.6 is 27.3 Å². The van der Waals surface area contributed by atoms with Crippen molar-refractivity contribution in [2.24, 2.45) is 5.16 Å². The van der Waals surface area contributed by atoms with E-state index in [-0.39, 0.29) is 26.7 Å². The van der Waals surface area contributed by atoms with Crippen LogP contribution in [-0.2, 0) is 6.18 Å². The maximum atomic E-state index is 13.5. The molecule has 0 unspecified atom stereocenters. The molecule has 0 aliphatic heterocycles. The first-order valence-electron chi connectivity index (χ1n) is 9.80. The number of aromatic nitrogens is 3. The van der Waals surface area contributed by atoms with Crippen LogP contribution in [0, 0.1) is 12.7 Å². The highest BCUT2D eigenvalue weighted by molar-refractivity contribution is 9.10. The third-order valence-corrected chi connectivity index (χ3v) is 6.50. The zero-order valence-electron chi connectivity index (χ0n) is 17.9. The first-order valence-corrected chi connectivity index (χ1v) is 11.4. The molecule has 0 saturated carbocycles. The van der Waals surface area contributed by atoms with Crippen LogP contribution in [0.25, 0.3) is 10.6 Å². The summed E-state index contributed by atoms with van der Waals surface area (Å²) in [6.07, 6.45) is -4.47. The van der Waals surface area contributed by atoms with Gasteiger partial charge in [-0.2, -0.15) is 13.2 Å². The number of hydrogen-bond acceptors (Lipinski definition) is 8. The Morgan fingerprint density at radius 1 is 1.14 bits per heavy atom. The summed E-state index contributed by atoms with van der Waals surface area (Å²) in [5.41, 5.74) is 0.109. The smallest absolute Gasteiger partial charge is 0.409 e. The van der Waals surface area contributed by atoms with Gasteiger partial charge < -0.3 is 15.8 Å². The lowest BCUT2D eigenvalue weighted by Crippen LogP contribution is -2.19. The molecular formula is C21H13BrF4N6O3S. The van der Waals surface area contributed by atoms with Crippen molar-refractivity contribution < 1.29 is 32.2 Å². The second-order valence-corrected chi connectivity index (χ2v) is 8.98. The highest BCUT2D eigenvalue weighted by Crippen LogP contribution is 2.33. The molecule has 0 fully saturated rings. The summed E-state index contributed by atoms with van der Waals surface area (Å²) in [4.78, 5) is 17.3. The summed E-state index contributed by atoms with van der Waals surface area (Å²) in [6.45, 7) is 1.56. The summed E-state index contributed by atoms with van der Waals surface area (Å²) in [5.74, 6) is -1.60. The van der Waals surface area contributed by atoms with Crippen molar-refractivity contribution in [3.05, 3.63) is 74.6 Å². The van der Waals surface area contributed by atoms with Crippen LogP contribution in [0.2, 0.25) is 0 Å². The van der Waals surface area contributed by atoms with E-state index in [9.17, 15) is 27.6 Å². The van der Waals surface area contributed by atoms with Crippen LogP contribution in [0.3, 0.4) is 0 Å². The maximum absolute atomic E-state index is 13.5. The largest absolute Gasteiger partial charge is 0.416 e. The van der Waals surface area contributed by atoms with Gasteiger partial charge in [0, 0.05) is 11.3 Å². The van der Waals surface area contributed by atoms with Crippen molar-refractivity contribution in [1.82, 2.24) is 15.3 Å². The fourth-order valence-corrected chi connectivity index (χ4v) is 4.31. The van der Waals surface area contributed by atoms with E-state index in [0.29, 0.717) is 22.0 Å². The van der Waals surface area contributed by atoms with E-state index in [0.717, 1.165) is 23.5 Å². The average molecular weight is 585 g/mol. The van der Waals surface area contributed by atoms with Gasteiger partial charge in [0.15, 0.2) is 5.69 Å². The number of hydrogen-bond donors (Lipinski definition) is 3. The molecule has 4 aromatic rings. The SMILES string of the molecule is Cc1nc(-c2ccc(C(F)(F)F)cc2)sc1C(=O)Nc1nonc1/C(=N\O)Nc1ccc(F)c(Br)c1. The van der Waals surface area contributed by atoms with Crippen molar-refractivity contribution in [3.8, 4) is 10.6 Å². The first-order chi connectivity index (χ1) is 17.1. The van der Waals surface area contributed by atoms with Crippen molar-refractivity contribution in [2.75, 3.05) is 10.6 Å². The molecule has 3 N–H and O–H groups in total. The predicted molar refractivity (Wildman–Crippen MR) is 126 cm³/mol. The lowest BCUT2D eigenvalue weighted by atomic mass is 10.1. The Morgan fingerprint density at radius 2 is 1.86 bits per heavy atom. The predicted octanol–water partition coefficient (Wildman–Crippen LogP) is 5.92. The lowest BCUT2D eigenvalue weighted by Gasteiger charge is -2.08. The number of amides is 1. The number of carbonyl (C=O) groups is 1. The minimum Gasteiger partial charge on any atom is -0.409 e. The zero-order chi connectivity index (χ0) is 26.0. The van der Waals surface area contributed by atoms with Gasteiger partial charge in [0.05, 0.1) is 15.7 Å². The Balaban J connectivity index is 1.53. The minimum absolute atomic E-state index is 0.154. The van der Waals surface area contributed by atoms with Crippen molar-refractivity contribution in [3.63, 3.8) is 0 Å².